The predicted molar refractivity (Wildman–Crippen MR) is 78.8 cm³/mol. The lowest BCUT2D eigenvalue weighted by Gasteiger charge is -2.40. The van der Waals surface area contributed by atoms with Gasteiger partial charge in [0.25, 0.3) is 5.78 Å². The van der Waals surface area contributed by atoms with Gasteiger partial charge in [0.05, 0.1) is 0 Å². The number of anilines is 1. The fraction of sp³-hybridized carbons (Fsp3) is 0.615. The largest absolute Gasteiger partial charge is 0.368 e. The molecular weight excluding hydrogens is 258 g/mol. The van der Waals surface area contributed by atoms with Crippen LogP contribution < -0.4 is 5.32 Å². The lowest BCUT2D eigenvalue weighted by atomic mass is 9.84. The van der Waals surface area contributed by atoms with Gasteiger partial charge in [-0.2, -0.15) is 26.4 Å². The molecule has 2 aromatic rings. The zero-order valence-electron chi connectivity index (χ0n) is 11.6. The van der Waals surface area contributed by atoms with E-state index in [2.05, 4.69) is 33.6 Å². The van der Waals surface area contributed by atoms with E-state index >= 15 is 0 Å². The third kappa shape index (κ3) is 2.08. The van der Waals surface area contributed by atoms with Crippen LogP contribution in [0.5, 0.6) is 0 Å². The minimum absolute atomic E-state index is 0.399. The molecule has 0 atom stereocenters. The van der Waals surface area contributed by atoms with Gasteiger partial charge in [0, 0.05) is 22.5 Å². The average molecular weight is 277 g/mol. The molecule has 0 spiro atoms. The zero-order chi connectivity index (χ0) is 13.5. The van der Waals surface area contributed by atoms with E-state index in [1.807, 2.05) is 18.7 Å². The van der Waals surface area contributed by atoms with E-state index in [0.717, 1.165) is 23.6 Å². The molecule has 1 aliphatic carbocycles. The fourth-order valence-corrected chi connectivity index (χ4v) is 3.42. The van der Waals surface area contributed by atoms with Crippen LogP contribution in [0, 0.1) is 13.8 Å². The molecule has 3 rings (SSSR count). The number of thioether (sulfide) groups is 1. The molecule has 0 radical (unpaired) electrons. The lowest BCUT2D eigenvalue weighted by molar-refractivity contribution is 0.379. The summed E-state index contributed by atoms with van der Waals surface area (Å²) in [5.74, 6) is 1.69. The number of aromatic nitrogens is 4. The number of hydrogen-bond donors (Lipinski definition) is 1. The van der Waals surface area contributed by atoms with Gasteiger partial charge in [-0.1, -0.05) is 6.42 Å². The lowest BCUT2D eigenvalue weighted by Crippen LogP contribution is -2.40. The molecule has 5 nitrogen and oxygen atoms in total. The highest BCUT2D eigenvalue weighted by atomic mass is 32.2. The Kier molecular flexibility index (Phi) is 3.12. The highest BCUT2D eigenvalue weighted by molar-refractivity contribution is 8.00. The highest BCUT2D eigenvalue weighted by Crippen LogP contribution is 2.42. The van der Waals surface area contributed by atoms with Crippen molar-refractivity contribution in [2.24, 2.45) is 0 Å². The van der Waals surface area contributed by atoms with Crippen LogP contribution in [0.4, 0.5) is 5.82 Å². The van der Waals surface area contributed by atoms with Gasteiger partial charge in [0.1, 0.15) is 12.1 Å². The normalized spacial score (nSPS) is 17.4. The van der Waals surface area contributed by atoms with E-state index < -0.39 is 0 Å². The Morgan fingerprint density at radius 3 is 2.84 bits per heavy atom. The molecule has 102 valence electrons. The molecule has 0 aliphatic heterocycles. The van der Waals surface area contributed by atoms with E-state index in [1.165, 1.54) is 19.3 Å². The number of aryl methyl sites for hydroxylation is 1. The highest BCUT2D eigenvalue weighted by Gasteiger charge is 2.36. The maximum Gasteiger partial charge on any atom is 0.254 e. The molecular formula is C13H19N5S. The summed E-state index contributed by atoms with van der Waals surface area (Å²) < 4.78 is 2.20. The molecule has 0 bridgehead atoms. The molecule has 0 amide bonds. The summed E-state index contributed by atoms with van der Waals surface area (Å²) in [6.45, 7) is 5.08. The van der Waals surface area contributed by atoms with Crippen molar-refractivity contribution in [3.8, 4) is 0 Å². The summed E-state index contributed by atoms with van der Waals surface area (Å²) in [5.41, 5.74) is 2.16. The Morgan fingerprint density at radius 2 is 2.21 bits per heavy atom. The Hall–Kier alpha value is -1.30. The summed E-state index contributed by atoms with van der Waals surface area (Å²) in [6, 6.07) is 0. The molecule has 19 heavy (non-hydrogen) atoms. The van der Waals surface area contributed by atoms with Crippen molar-refractivity contribution in [3.05, 3.63) is 17.6 Å². The van der Waals surface area contributed by atoms with Gasteiger partial charge in [-0.25, -0.2) is 4.98 Å². The number of nitrogens with one attached hydrogen (secondary N) is 1. The van der Waals surface area contributed by atoms with E-state index in [1.54, 1.807) is 10.8 Å². The van der Waals surface area contributed by atoms with Crippen LogP contribution in [0.1, 0.15) is 30.5 Å². The van der Waals surface area contributed by atoms with Crippen LogP contribution in [-0.4, -0.2) is 37.1 Å². The molecule has 2 aromatic heterocycles. The van der Waals surface area contributed by atoms with Crippen LogP contribution in [-0.2, 0) is 0 Å². The van der Waals surface area contributed by atoms with Gasteiger partial charge in [-0.15, -0.1) is 0 Å². The zero-order valence-corrected chi connectivity index (χ0v) is 12.4. The van der Waals surface area contributed by atoms with Crippen molar-refractivity contribution in [3.63, 3.8) is 0 Å². The Labute approximate surface area is 117 Å². The van der Waals surface area contributed by atoms with Gasteiger partial charge in [-0.3, -0.25) is 0 Å². The molecule has 1 N–H and O–H groups in total. The molecule has 1 saturated carbocycles. The van der Waals surface area contributed by atoms with Gasteiger partial charge < -0.3 is 5.32 Å². The second kappa shape index (κ2) is 4.67. The molecule has 6 heteroatoms. The van der Waals surface area contributed by atoms with E-state index in [-0.39, 0.29) is 0 Å². The molecule has 1 fully saturated rings. The first-order chi connectivity index (χ1) is 9.15. The fourth-order valence-electron chi connectivity index (χ4n) is 2.51. The molecule has 1 aliphatic rings. The second-order valence-corrected chi connectivity index (χ2v) is 6.51. The van der Waals surface area contributed by atoms with Crippen LogP contribution >= 0.6 is 11.8 Å². The third-order valence-corrected chi connectivity index (χ3v) is 5.60. The maximum atomic E-state index is 4.44. The van der Waals surface area contributed by atoms with Gasteiger partial charge >= 0.3 is 0 Å². The quantitative estimate of drug-likeness (QED) is 0.930. The van der Waals surface area contributed by atoms with Crippen LogP contribution in [0.2, 0.25) is 0 Å². The number of hydrogen-bond acceptors (Lipinski definition) is 5. The first-order valence-corrected chi connectivity index (χ1v) is 7.84. The first-order valence-electron chi connectivity index (χ1n) is 6.61. The number of rotatable bonds is 4. The van der Waals surface area contributed by atoms with Crippen LogP contribution in [0.25, 0.3) is 5.78 Å². The Morgan fingerprint density at radius 1 is 1.42 bits per heavy atom. The van der Waals surface area contributed by atoms with Gasteiger partial charge in [0.15, 0.2) is 0 Å². The van der Waals surface area contributed by atoms with Gasteiger partial charge in [0.2, 0.25) is 0 Å². The Balaban J connectivity index is 1.91. The number of fused-ring (bicyclic) bond motifs is 1. The van der Waals surface area contributed by atoms with Gasteiger partial charge in [-0.05, 0) is 32.9 Å². The molecule has 0 unspecified atom stereocenters. The van der Waals surface area contributed by atoms with Crippen molar-refractivity contribution >= 4 is 23.4 Å². The maximum absolute atomic E-state index is 4.44. The second-order valence-electron chi connectivity index (χ2n) is 5.24. The molecule has 0 aromatic carbocycles. The van der Waals surface area contributed by atoms with E-state index in [0.29, 0.717) is 10.5 Å². The summed E-state index contributed by atoms with van der Waals surface area (Å²) in [5, 5.41) is 7.84. The minimum atomic E-state index is 0.399. The Bertz CT molecular complexity index is 597. The summed E-state index contributed by atoms with van der Waals surface area (Å²) in [7, 11) is 0. The topological polar surface area (TPSA) is 55.1 Å². The molecule has 2 heterocycles. The van der Waals surface area contributed by atoms with E-state index in [9.17, 15) is 0 Å². The average Bonchev–Trinajstić information content (AvgIpc) is 2.80. The van der Waals surface area contributed by atoms with Crippen molar-refractivity contribution < 1.29 is 0 Å². The molecule has 0 saturated heterocycles. The van der Waals surface area contributed by atoms with Crippen molar-refractivity contribution in [1.82, 2.24) is 19.6 Å². The summed E-state index contributed by atoms with van der Waals surface area (Å²) >= 11 is 1.97. The minimum Gasteiger partial charge on any atom is -0.368 e. The monoisotopic (exact) mass is 277 g/mol. The first kappa shape index (κ1) is 12.7. The SMILES string of the molecule is CSC1(CNc2c(C)c(C)nc3ncnn23)CCC1. The smallest absolute Gasteiger partial charge is 0.254 e. The van der Waals surface area contributed by atoms with Crippen molar-refractivity contribution in [2.75, 3.05) is 18.1 Å². The summed E-state index contributed by atoms with van der Waals surface area (Å²) in [6.07, 6.45) is 7.70. The van der Waals surface area contributed by atoms with Crippen molar-refractivity contribution in [2.45, 2.75) is 37.9 Å². The van der Waals surface area contributed by atoms with E-state index in [4.69, 9.17) is 0 Å². The van der Waals surface area contributed by atoms with Crippen LogP contribution in [0.15, 0.2) is 6.33 Å². The third-order valence-electron chi connectivity index (χ3n) is 4.18. The number of nitrogens with zero attached hydrogens (tertiary/aromatic N) is 4. The van der Waals surface area contributed by atoms with Crippen LogP contribution in [0.3, 0.4) is 0 Å². The standard InChI is InChI=1S/C13H19N5S/c1-9-10(2)17-12-15-8-16-18(12)11(9)14-7-13(19-3)5-4-6-13/h8,14H,4-7H2,1-3H3. The summed E-state index contributed by atoms with van der Waals surface area (Å²) in [4.78, 5) is 8.61. The van der Waals surface area contributed by atoms with Crippen molar-refractivity contribution in [1.29, 1.82) is 0 Å². The predicted octanol–water partition coefficient (Wildman–Crippen LogP) is 2.44.